The van der Waals surface area contributed by atoms with Crippen molar-refractivity contribution in [2.45, 2.75) is 20.0 Å². The Balaban J connectivity index is 2.21. The summed E-state index contributed by atoms with van der Waals surface area (Å²) in [6, 6.07) is 2.96. The molecule has 0 spiro atoms. The number of carboxylic acids is 1. The molecule has 6 heteroatoms. The summed E-state index contributed by atoms with van der Waals surface area (Å²) in [6.45, 7) is 3.71. The number of aryl methyl sites for hydroxylation is 2. The molecule has 1 heterocycles. The summed E-state index contributed by atoms with van der Waals surface area (Å²) < 4.78 is 18.6. The minimum absolute atomic E-state index is 0.00361. The maximum atomic E-state index is 13.6. The second-order valence-corrected chi connectivity index (χ2v) is 4.87. The number of hydrogen-bond donors (Lipinski definition) is 1. The van der Waals surface area contributed by atoms with Gasteiger partial charge in [-0.25, -0.2) is 9.18 Å². The Hall–Kier alpha value is -1.95. The van der Waals surface area contributed by atoms with Gasteiger partial charge in [-0.3, -0.25) is 4.79 Å². The van der Waals surface area contributed by atoms with Gasteiger partial charge in [0.1, 0.15) is 5.82 Å². The summed E-state index contributed by atoms with van der Waals surface area (Å²) in [5, 5.41) is 8.92. The average molecular weight is 281 g/mol. The Kier molecular flexibility index (Phi) is 4.04. The van der Waals surface area contributed by atoms with E-state index in [9.17, 15) is 14.0 Å². The van der Waals surface area contributed by atoms with Crippen LogP contribution in [0.3, 0.4) is 0 Å². The molecule has 5 nitrogen and oxygen atoms in total. The summed E-state index contributed by atoms with van der Waals surface area (Å²) in [5.74, 6) is -1.72. The van der Waals surface area contributed by atoms with Crippen LogP contribution in [0.25, 0.3) is 0 Å². The number of carbonyl (C=O) groups is 2. The molecule has 20 heavy (non-hydrogen) atoms. The number of rotatable bonds is 2. The molecule has 1 atom stereocenters. The smallest absolute Gasteiger partial charge is 0.334 e. The zero-order valence-electron chi connectivity index (χ0n) is 11.4. The Bertz CT molecular complexity index is 535. The van der Waals surface area contributed by atoms with Gasteiger partial charge in [-0.2, -0.15) is 0 Å². The molecule has 0 aliphatic carbocycles. The molecule has 0 radical (unpaired) electrons. The van der Waals surface area contributed by atoms with Gasteiger partial charge in [-0.15, -0.1) is 0 Å². The highest BCUT2D eigenvalue weighted by Crippen LogP contribution is 2.17. The highest BCUT2D eigenvalue weighted by Gasteiger charge is 2.29. The maximum absolute atomic E-state index is 13.6. The Morgan fingerprint density at radius 3 is 2.50 bits per heavy atom. The quantitative estimate of drug-likeness (QED) is 0.889. The molecular weight excluding hydrogens is 265 g/mol. The summed E-state index contributed by atoms with van der Waals surface area (Å²) >= 11 is 0. The van der Waals surface area contributed by atoms with Crippen LogP contribution in [-0.2, 0) is 9.53 Å². The molecule has 0 aromatic heterocycles. The van der Waals surface area contributed by atoms with Crippen molar-refractivity contribution in [2.75, 3.05) is 19.7 Å². The number of amides is 1. The lowest BCUT2D eigenvalue weighted by Gasteiger charge is -2.31. The van der Waals surface area contributed by atoms with Crippen molar-refractivity contribution in [3.05, 3.63) is 34.6 Å². The summed E-state index contributed by atoms with van der Waals surface area (Å²) in [6.07, 6.45) is -1.00. The van der Waals surface area contributed by atoms with E-state index in [2.05, 4.69) is 0 Å². The van der Waals surface area contributed by atoms with Crippen molar-refractivity contribution in [1.29, 1.82) is 0 Å². The van der Waals surface area contributed by atoms with Crippen LogP contribution in [0, 0.1) is 19.7 Å². The van der Waals surface area contributed by atoms with Crippen LogP contribution in [-0.4, -0.2) is 47.7 Å². The number of ether oxygens (including phenoxy) is 1. The minimum Gasteiger partial charge on any atom is -0.479 e. The molecule has 108 valence electrons. The zero-order chi connectivity index (χ0) is 14.9. The highest BCUT2D eigenvalue weighted by atomic mass is 19.1. The summed E-state index contributed by atoms with van der Waals surface area (Å²) in [4.78, 5) is 24.7. The van der Waals surface area contributed by atoms with Crippen molar-refractivity contribution in [2.24, 2.45) is 0 Å². The second kappa shape index (κ2) is 5.58. The van der Waals surface area contributed by atoms with E-state index in [1.165, 1.54) is 17.0 Å². The van der Waals surface area contributed by atoms with Gasteiger partial charge in [0.2, 0.25) is 0 Å². The predicted octanol–water partition coefficient (Wildman–Crippen LogP) is 1.37. The van der Waals surface area contributed by atoms with E-state index in [0.29, 0.717) is 23.2 Å². The first-order valence-corrected chi connectivity index (χ1v) is 6.30. The van der Waals surface area contributed by atoms with Gasteiger partial charge in [0, 0.05) is 12.1 Å². The molecule has 1 aromatic carbocycles. The van der Waals surface area contributed by atoms with Crippen molar-refractivity contribution in [1.82, 2.24) is 4.90 Å². The Morgan fingerprint density at radius 1 is 1.35 bits per heavy atom. The van der Waals surface area contributed by atoms with Crippen LogP contribution in [0.15, 0.2) is 12.1 Å². The largest absolute Gasteiger partial charge is 0.479 e. The minimum atomic E-state index is -1.09. The van der Waals surface area contributed by atoms with Crippen molar-refractivity contribution in [3.63, 3.8) is 0 Å². The van der Waals surface area contributed by atoms with Gasteiger partial charge in [0.15, 0.2) is 6.10 Å². The van der Waals surface area contributed by atoms with Crippen LogP contribution in [0.2, 0.25) is 0 Å². The number of benzene rings is 1. The number of morpholine rings is 1. The molecule has 1 fully saturated rings. The fraction of sp³-hybridized carbons (Fsp3) is 0.429. The predicted molar refractivity (Wildman–Crippen MR) is 69.2 cm³/mol. The molecule has 1 aromatic rings. The monoisotopic (exact) mass is 281 g/mol. The van der Waals surface area contributed by atoms with E-state index in [4.69, 9.17) is 9.84 Å². The molecular formula is C14H16FNO4. The fourth-order valence-corrected chi connectivity index (χ4v) is 2.24. The third-order valence-corrected chi connectivity index (χ3v) is 3.31. The lowest BCUT2D eigenvalue weighted by molar-refractivity contribution is -0.154. The molecule has 1 aliphatic heterocycles. The van der Waals surface area contributed by atoms with Crippen molar-refractivity contribution >= 4 is 11.9 Å². The van der Waals surface area contributed by atoms with Gasteiger partial charge in [-0.05, 0) is 37.1 Å². The number of nitrogens with zero attached hydrogens (tertiary/aromatic N) is 1. The average Bonchev–Trinajstić information content (AvgIpc) is 2.43. The van der Waals surface area contributed by atoms with Crippen LogP contribution in [0.1, 0.15) is 21.5 Å². The number of carbonyl (C=O) groups excluding carboxylic acids is 1. The number of carboxylic acid groups (broad SMARTS) is 1. The Labute approximate surface area is 116 Å². The molecule has 2 rings (SSSR count). The van der Waals surface area contributed by atoms with Gasteiger partial charge in [-0.1, -0.05) is 0 Å². The molecule has 1 unspecified atom stereocenters. The summed E-state index contributed by atoms with van der Waals surface area (Å²) in [5.41, 5.74) is 1.17. The maximum Gasteiger partial charge on any atom is 0.334 e. The first-order chi connectivity index (χ1) is 9.40. The van der Waals surface area contributed by atoms with E-state index < -0.39 is 12.1 Å². The van der Waals surface area contributed by atoms with Crippen LogP contribution in [0.5, 0.6) is 0 Å². The topological polar surface area (TPSA) is 66.8 Å². The first-order valence-electron chi connectivity index (χ1n) is 6.30. The normalized spacial score (nSPS) is 18.9. The number of hydrogen-bond acceptors (Lipinski definition) is 3. The molecule has 0 saturated carbocycles. The SMILES string of the molecule is Cc1cc(C(=O)N2CCOC(C(=O)O)C2)cc(C)c1F. The van der Waals surface area contributed by atoms with E-state index in [0.717, 1.165) is 0 Å². The molecule has 1 N–H and O–H groups in total. The van der Waals surface area contributed by atoms with Gasteiger partial charge >= 0.3 is 5.97 Å². The van der Waals surface area contributed by atoms with Crippen LogP contribution in [0.4, 0.5) is 4.39 Å². The van der Waals surface area contributed by atoms with Gasteiger partial charge in [0.05, 0.1) is 13.2 Å². The Morgan fingerprint density at radius 2 is 1.95 bits per heavy atom. The van der Waals surface area contributed by atoms with E-state index in [1.807, 2.05) is 0 Å². The molecule has 1 aliphatic rings. The van der Waals surface area contributed by atoms with Crippen molar-refractivity contribution < 1.29 is 23.8 Å². The van der Waals surface area contributed by atoms with Gasteiger partial charge < -0.3 is 14.7 Å². The number of aliphatic carboxylic acids is 1. The lowest BCUT2D eigenvalue weighted by Crippen LogP contribution is -2.48. The zero-order valence-corrected chi connectivity index (χ0v) is 11.4. The standard InChI is InChI=1S/C14H16FNO4/c1-8-5-10(6-9(2)12(8)15)13(17)16-3-4-20-11(7-16)14(18)19/h5-6,11H,3-4,7H2,1-2H3,(H,18,19). The fourth-order valence-electron chi connectivity index (χ4n) is 2.24. The summed E-state index contributed by atoms with van der Waals surface area (Å²) in [7, 11) is 0. The molecule has 1 amide bonds. The highest BCUT2D eigenvalue weighted by molar-refractivity contribution is 5.95. The van der Waals surface area contributed by atoms with Crippen molar-refractivity contribution in [3.8, 4) is 0 Å². The first kappa shape index (κ1) is 14.5. The lowest BCUT2D eigenvalue weighted by atomic mass is 10.0. The number of halogens is 1. The van der Waals surface area contributed by atoms with E-state index in [-0.39, 0.29) is 24.9 Å². The van der Waals surface area contributed by atoms with Crippen LogP contribution < -0.4 is 0 Å². The van der Waals surface area contributed by atoms with Crippen LogP contribution >= 0.6 is 0 Å². The third-order valence-electron chi connectivity index (χ3n) is 3.31. The molecule has 1 saturated heterocycles. The van der Waals surface area contributed by atoms with E-state index in [1.54, 1.807) is 13.8 Å². The van der Waals surface area contributed by atoms with Gasteiger partial charge in [0.25, 0.3) is 5.91 Å². The third kappa shape index (κ3) is 2.80. The van der Waals surface area contributed by atoms with E-state index >= 15 is 0 Å². The molecule has 0 bridgehead atoms. The second-order valence-electron chi connectivity index (χ2n) is 4.87.